The second-order valence-electron chi connectivity index (χ2n) is 5.52. The second-order valence-corrected chi connectivity index (χ2v) is 5.52. The third kappa shape index (κ3) is 4.33. The van der Waals surface area contributed by atoms with Gasteiger partial charge in [-0.3, -0.25) is 15.1 Å². The molecule has 0 aromatic heterocycles. The summed E-state index contributed by atoms with van der Waals surface area (Å²) in [6, 6.07) is 8.24. The van der Waals surface area contributed by atoms with Gasteiger partial charge in [0.2, 0.25) is 5.91 Å². The third-order valence-electron chi connectivity index (χ3n) is 3.83. The Bertz CT molecular complexity index is 408. The van der Waals surface area contributed by atoms with Crippen LogP contribution in [-0.2, 0) is 17.8 Å². The van der Waals surface area contributed by atoms with Crippen molar-refractivity contribution in [3.05, 3.63) is 35.4 Å². The number of carbonyl (C=O) groups is 1. The number of nitrogens with two attached hydrogens (primary N) is 1. The number of hydrogen-bond donors (Lipinski definition) is 2. The molecule has 4 nitrogen and oxygen atoms in total. The van der Waals surface area contributed by atoms with E-state index in [-0.39, 0.29) is 5.91 Å². The first-order chi connectivity index (χ1) is 9.17. The first-order valence-electron chi connectivity index (χ1n) is 6.97. The van der Waals surface area contributed by atoms with Crippen molar-refractivity contribution >= 4 is 5.91 Å². The Balaban J connectivity index is 1.86. The standard InChI is InChI=1S/C15H23N3O/c1-12-6-8-18(9-7-12)11-14-4-2-13(3-5-14)10-15(19)17-16/h2-5,12H,6-11,16H2,1H3,(H,17,19). The molecule has 1 aliphatic heterocycles. The molecule has 1 heterocycles. The molecule has 4 heteroatoms. The van der Waals surface area contributed by atoms with E-state index in [9.17, 15) is 4.79 Å². The monoisotopic (exact) mass is 261 g/mol. The summed E-state index contributed by atoms with van der Waals surface area (Å²) in [6.45, 7) is 5.72. The van der Waals surface area contributed by atoms with Gasteiger partial charge in [0.25, 0.3) is 0 Å². The minimum absolute atomic E-state index is 0.155. The van der Waals surface area contributed by atoms with E-state index in [4.69, 9.17) is 5.84 Å². The van der Waals surface area contributed by atoms with Crippen LogP contribution in [0.15, 0.2) is 24.3 Å². The van der Waals surface area contributed by atoms with Crippen LogP contribution in [0.4, 0.5) is 0 Å². The van der Waals surface area contributed by atoms with Crippen molar-refractivity contribution in [2.75, 3.05) is 13.1 Å². The first-order valence-corrected chi connectivity index (χ1v) is 6.97. The molecule has 1 saturated heterocycles. The average Bonchev–Trinajstić information content (AvgIpc) is 2.43. The normalized spacial score (nSPS) is 17.4. The number of nitrogens with zero attached hydrogens (tertiary/aromatic N) is 1. The highest BCUT2D eigenvalue weighted by molar-refractivity contribution is 5.77. The fourth-order valence-electron chi connectivity index (χ4n) is 2.48. The van der Waals surface area contributed by atoms with Crippen LogP contribution in [0, 0.1) is 5.92 Å². The van der Waals surface area contributed by atoms with Gasteiger partial charge < -0.3 is 0 Å². The highest BCUT2D eigenvalue weighted by Gasteiger charge is 2.15. The zero-order valence-corrected chi connectivity index (χ0v) is 11.6. The number of nitrogens with one attached hydrogen (secondary N) is 1. The van der Waals surface area contributed by atoms with Crippen LogP contribution in [0.25, 0.3) is 0 Å². The van der Waals surface area contributed by atoms with Crippen molar-refractivity contribution in [3.8, 4) is 0 Å². The van der Waals surface area contributed by atoms with Crippen LogP contribution in [0.2, 0.25) is 0 Å². The molecule has 2 rings (SSSR count). The van der Waals surface area contributed by atoms with E-state index in [0.717, 1.165) is 18.0 Å². The molecule has 0 unspecified atom stereocenters. The Morgan fingerprint density at radius 1 is 1.26 bits per heavy atom. The predicted molar refractivity (Wildman–Crippen MR) is 76.2 cm³/mol. The van der Waals surface area contributed by atoms with Crippen LogP contribution in [-0.4, -0.2) is 23.9 Å². The Kier molecular flexibility index (Phi) is 4.93. The minimum atomic E-state index is -0.155. The summed E-state index contributed by atoms with van der Waals surface area (Å²) in [5.41, 5.74) is 4.46. The van der Waals surface area contributed by atoms with Crippen molar-refractivity contribution in [3.63, 3.8) is 0 Å². The Labute approximate surface area is 114 Å². The third-order valence-corrected chi connectivity index (χ3v) is 3.83. The summed E-state index contributed by atoms with van der Waals surface area (Å²) in [7, 11) is 0. The minimum Gasteiger partial charge on any atom is -0.299 e. The SMILES string of the molecule is CC1CCN(Cc2ccc(CC(=O)NN)cc2)CC1. The second kappa shape index (κ2) is 6.68. The van der Waals surface area contributed by atoms with Gasteiger partial charge in [0.1, 0.15) is 0 Å². The maximum absolute atomic E-state index is 11.2. The molecule has 0 atom stereocenters. The van der Waals surface area contributed by atoms with Crippen LogP contribution in [0.1, 0.15) is 30.9 Å². The Morgan fingerprint density at radius 3 is 2.42 bits per heavy atom. The summed E-state index contributed by atoms with van der Waals surface area (Å²) in [5.74, 6) is 5.79. The zero-order chi connectivity index (χ0) is 13.7. The molecule has 0 spiro atoms. The van der Waals surface area contributed by atoms with Crippen molar-refractivity contribution in [2.45, 2.75) is 32.7 Å². The molecular formula is C15H23N3O. The molecule has 0 bridgehead atoms. The number of piperidine rings is 1. The first kappa shape index (κ1) is 14.0. The number of rotatable bonds is 4. The van der Waals surface area contributed by atoms with Crippen LogP contribution in [0.3, 0.4) is 0 Å². The van der Waals surface area contributed by atoms with E-state index in [1.54, 1.807) is 0 Å². The Morgan fingerprint density at radius 2 is 1.84 bits per heavy atom. The molecule has 1 fully saturated rings. The lowest BCUT2D eigenvalue weighted by Crippen LogP contribution is -2.32. The zero-order valence-electron chi connectivity index (χ0n) is 11.6. The van der Waals surface area contributed by atoms with E-state index in [2.05, 4.69) is 29.4 Å². The van der Waals surface area contributed by atoms with Gasteiger partial charge in [-0.25, -0.2) is 5.84 Å². The molecule has 0 saturated carbocycles. The highest BCUT2D eigenvalue weighted by atomic mass is 16.2. The summed E-state index contributed by atoms with van der Waals surface area (Å²) in [6.07, 6.45) is 2.95. The molecule has 1 aromatic rings. The summed E-state index contributed by atoms with van der Waals surface area (Å²) >= 11 is 0. The summed E-state index contributed by atoms with van der Waals surface area (Å²) < 4.78 is 0. The van der Waals surface area contributed by atoms with Crippen molar-refractivity contribution < 1.29 is 4.79 Å². The smallest absolute Gasteiger partial charge is 0.238 e. The molecule has 1 aromatic carbocycles. The van der Waals surface area contributed by atoms with Crippen molar-refractivity contribution in [2.24, 2.45) is 11.8 Å². The molecule has 1 amide bonds. The fourth-order valence-corrected chi connectivity index (χ4v) is 2.48. The summed E-state index contributed by atoms with van der Waals surface area (Å²) in [4.78, 5) is 13.7. The Hall–Kier alpha value is -1.39. The maximum atomic E-state index is 11.2. The number of hydrazine groups is 1. The van der Waals surface area contributed by atoms with Crippen LogP contribution < -0.4 is 11.3 Å². The van der Waals surface area contributed by atoms with Gasteiger partial charge in [-0.2, -0.15) is 0 Å². The van der Waals surface area contributed by atoms with E-state index in [0.29, 0.717) is 6.42 Å². The quantitative estimate of drug-likeness (QED) is 0.490. The van der Waals surface area contributed by atoms with Gasteiger partial charge in [-0.05, 0) is 43.0 Å². The molecule has 0 radical (unpaired) electrons. The number of carbonyl (C=O) groups excluding carboxylic acids is 1. The maximum Gasteiger partial charge on any atom is 0.238 e. The fraction of sp³-hybridized carbons (Fsp3) is 0.533. The lowest BCUT2D eigenvalue weighted by Gasteiger charge is -2.30. The van der Waals surface area contributed by atoms with Crippen molar-refractivity contribution in [1.82, 2.24) is 10.3 Å². The average molecular weight is 261 g/mol. The highest BCUT2D eigenvalue weighted by Crippen LogP contribution is 2.18. The lowest BCUT2D eigenvalue weighted by atomic mass is 9.98. The molecule has 0 aliphatic carbocycles. The molecule has 3 N–H and O–H groups in total. The molecule has 19 heavy (non-hydrogen) atoms. The number of likely N-dealkylation sites (tertiary alicyclic amines) is 1. The van der Waals surface area contributed by atoms with Crippen LogP contribution >= 0.6 is 0 Å². The predicted octanol–water partition coefficient (Wildman–Crippen LogP) is 1.45. The lowest BCUT2D eigenvalue weighted by molar-refractivity contribution is -0.120. The molecule has 1 aliphatic rings. The van der Waals surface area contributed by atoms with E-state index < -0.39 is 0 Å². The topological polar surface area (TPSA) is 58.4 Å². The largest absolute Gasteiger partial charge is 0.299 e. The van der Waals surface area contributed by atoms with Gasteiger partial charge in [0, 0.05) is 6.54 Å². The van der Waals surface area contributed by atoms with Gasteiger partial charge in [-0.15, -0.1) is 0 Å². The van der Waals surface area contributed by atoms with E-state index in [1.165, 1.54) is 31.5 Å². The number of amides is 1. The van der Waals surface area contributed by atoms with Gasteiger partial charge in [0.15, 0.2) is 0 Å². The van der Waals surface area contributed by atoms with Crippen LogP contribution in [0.5, 0.6) is 0 Å². The van der Waals surface area contributed by atoms with Gasteiger partial charge in [0.05, 0.1) is 6.42 Å². The van der Waals surface area contributed by atoms with Gasteiger partial charge in [-0.1, -0.05) is 31.2 Å². The molecule has 104 valence electrons. The number of hydrogen-bond acceptors (Lipinski definition) is 3. The van der Waals surface area contributed by atoms with E-state index >= 15 is 0 Å². The number of benzene rings is 1. The van der Waals surface area contributed by atoms with Gasteiger partial charge >= 0.3 is 0 Å². The summed E-state index contributed by atoms with van der Waals surface area (Å²) in [5, 5.41) is 0. The van der Waals surface area contributed by atoms with Crippen molar-refractivity contribution in [1.29, 1.82) is 0 Å². The van der Waals surface area contributed by atoms with E-state index in [1.807, 2.05) is 12.1 Å². The molecular weight excluding hydrogens is 238 g/mol.